The lowest BCUT2D eigenvalue weighted by molar-refractivity contribution is 0.0946. The number of hydrogen-bond donors (Lipinski definition) is 2. The van der Waals surface area contributed by atoms with Crippen LogP contribution in [0.5, 0.6) is 0 Å². The van der Waals surface area contributed by atoms with Crippen molar-refractivity contribution in [3.8, 4) is 0 Å². The molecule has 0 unspecified atom stereocenters. The van der Waals surface area contributed by atoms with Crippen LogP contribution in [0.2, 0.25) is 5.02 Å². The van der Waals surface area contributed by atoms with Crippen LogP contribution in [-0.4, -0.2) is 11.0 Å². The van der Waals surface area contributed by atoms with E-state index in [2.05, 4.69) is 5.32 Å². The van der Waals surface area contributed by atoms with Crippen LogP contribution in [0.25, 0.3) is 0 Å². The molecule has 0 aliphatic carbocycles. The van der Waals surface area contributed by atoms with Crippen molar-refractivity contribution < 1.29 is 14.3 Å². The Kier molecular flexibility index (Phi) is 4.71. The molecule has 2 rings (SSSR count). The molecule has 0 aliphatic heterocycles. The highest BCUT2D eigenvalue weighted by Crippen LogP contribution is 2.15. The van der Waals surface area contributed by atoms with Crippen LogP contribution in [0.1, 0.15) is 21.5 Å². The van der Waals surface area contributed by atoms with E-state index < -0.39 is 11.7 Å². The van der Waals surface area contributed by atoms with Crippen molar-refractivity contribution >= 4 is 17.5 Å². The standard InChI is InChI=1S/C15H13ClFNO2/c16-12-5-6-13(14(17)7-12)15(20)18-8-10-3-1-2-4-11(10)9-19/h1-7,19H,8-9H2,(H,18,20). The van der Waals surface area contributed by atoms with Gasteiger partial charge >= 0.3 is 0 Å². The fraction of sp³-hybridized carbons (Fsp3) is 0.133. The molecule has 0 saturated carbocycles. The van der Waals surface area contributed by atoms with E-state index in [9.17, 15) is 14.3 Å². The molecule has 0 saturated heterocycles. The number of aliphatic hydroxyl groups is 1. The van der Waals surface area contributed by atoms with Crippen LogP contribution in [0.4, 0.5) is 4.39 Å². The van der Waals surface area contributed by atoms with Gasteiger partial charge in [-0.25, -0.2) is 4.39 Å². The Labute approximate surface area is 121 Å². The van der Waals surface area contributed by atoms with Crippen LogP contribution < -0.4 is 5.32 Å². The van der Waals surface area contributed by atoms with Gasteiger partial charge in [0.15, 0.2) is 0 Å². The molecule has 0 aromatic heterocycles. The summed E-state index contributed by atoms with van der Waals surface area (Å²) in [5.41, 5.74) is 1.46. The number of rotatable bonds is 4. The molecule has 0 fully saturated rings. The van der Waals surface area contributed by atoms with Crippen LogP contribution >= 0.6 is 11.6 Å². The Morgan fingerprint density at radius 1 is 1.20 bits per heavy atom. The van der Waals surface area contributed by atoms with E-state index >= 15 is 0 Å². The summed E-state index contributed by atoms with van der Waals surface area (Å²) in [4.78, 5) is 11.9. The number of aliphatic hydroxyl groups excluding tert-OH is 1. The average Bonchev–Trinajstić information content (AvgIpc) is 2.45. The monoisotopic (exact) mass is 293 g/mol. The van der Waals surface area contributed by atoms with Gasteiger partial charge in [-0.2, -0.15) is 0 Å². The minimum absolute atomic E-state index is 0.0594. The third-order valence-electron chi connectivity index (χ3n) is 2.90. The third-order valence-corrected chi connectivity index (χ3v) is 3.14. The summed E-state index contributed by atoms with van der Waals surface area (Å²) in [6.45, 7) is 0.110. The number of carbonyl (C=O) groups is 1. The van der Waals surface area contributed by atoms with Crippen molar-refractivity contribution in [1.82, 2.24) is 5.32 Å². The van der Waals surface area contributed by atoms with Crippen molar-refractivity contribution in [3.05, 3.63) is 70.0 Å². The number of hydrogen-bond acceptors (Lipinski definition) is 2. The number of benzene rings is 2. The Morgan fingerprint density at radius 2 is 1.90 bits per heavy atom. The second-order valence-electron chi connectivity index (χ2n) is 4.23. The van der Waals surface area contributed by atoms with Gasteiger partial charge in [0.05, 0.1) is 12.2 Å². The maximum absolute atomic E-state index is 13.6. The zero-order valence-corrected chi connectivity index (χ0v) is 11.3. The highest BCUT2D eigenvalue weighted by atomic mass is 35.5. The number of amides is 1. The third kappa shape index (κ3) is 3.35. The Bertz CT molecular complexity index is 631. The van der Waals surface area contributed by atoms with Crippen LogP contribution in [0, 0.1) is 5.82 Å². The second kappa shape index (κ2) is 6.50. The molecule has 0 radical (unpaired) electrons. The summed E-state index contributed by atoms with van der Waals surface area (Å²) in [6, 6.07) is 11.1. The lowest BCUT2D eigenvalue weighted by Gasteiger charge is -2.09. The molecular formula is C15H13ClFNO2. The van der Waals surface area contributed by atoms with Gasteiger partial charge in [-0.3, -0.25) is 4.79 Å². The first-order valence-electron chi connectivity index (χ1n) is 6.02. The highest BCUT2D eigenvalue weighted by Gasteiger charge is 2.12. The minimum Gasteiger partial charge on any atom is -0.392 e. The lowest BCUT2D eigenvalue weighted by Crippen LogP contribution is -2.24. The molecule has 0 atom stereocenters. The van der Waals surface area contributed by atoms with Gasteiger partial charge in [0, 0.05) is 11.6 Å². The smallest absolute Gasteiger partial charge is 0.254 e. The molecule has 0 spiro atoms. The van der Waals surface area contributed by atoms with E-state index in [1.54, 1.807) is 18.2 Å². The van der Waals surface area contributed by atoms with Gasteiger partial charge < -0.3 is 10.4 Å². The van der Waals surface area contributed by atoms with Gasteiger partial charge in [-0.15, -0.1) is 0 Å². The number of nitrogens with one attached hydrogen (secondary N) is 1. The zero-order valence-electron chi connectivity index (χ0n) is 10.6. The van der Waals surface area contributed by atoms with E-state index in [1.807, 2.05) is 6.07 Å². The molecule has 2 N–H and O–H groups in total. The van der Waals surface area contributed by atoms with Crippen LogP contribution in [0.3, 0.4) is 0 Å². The van der Waals surface area contributed by atoms with Crippen molar-refractivity contribution in [2.75, 3.05) is 0 Å². The summed E-state index contributed by atoms with van der Waals surface area (Å²) < 4.78 is 13.6. The van der Waals surface area contributed by atoms with Crippen LogP contribution in [-0.2, 0) is 13.2 Å². The van der Waals surface area contributed by atoms with Crippen molar-refractivity contribution in [1.29, 1.82) is 0 Å². The first-order chi connectivity index (χ1) is 9.61. The zero-order chi connectivity index (χ0) is 14.5. The van der Waals surface area contributed by atoms with Gasteiger partial charge in [0.25, 0.3) is 5.91 Å². The van der Waals surface area contributed by atoms with E-state index in [-0.39, 0.29) is 23.7 Å². The SMILES string of the molecule is O=C(NCc1ccccc1CO)c1ccc(Cl)cc1F. The molecule has 1 amide bonds. The fourth-order valence-electron chi connectivity index (χ4n) is 1.83. The first-order valence-corrected chi connectivity index (χ1v) is 6.40. The highest BCUT2D eigenvalue weighted by molar-refractivity contribution is 6.30. The summed E-state index contributed by atoms with van der Waals surface area (Å²) in [5.74, 6) is -1.18. The molecule has 0 aliphatic rings. The van der Waals surface area contributed by atoms with E-state index in [0.717, 1.165) is 17.2 Å². The van der Waals surface area contributed by atoms with Crippen molar-refractivity contribution in [2.24, 2.45) is 0 Å². The molecule has 0 heterocycles. The summed E-state index contributed by atoms with van der Waals surface area (Å²) in [6.07, 6.45) is 0. The lowest BCUT2D eigenvalue weighted by atomic mass is 10.1. The van der Waals surface area contributed by atoms with Gasteiger partial charge in [-0.05, 0) is 29.3 Å². The predicted octanol–water partition coefficient (Wildman–Crippen LogP) is 2.90. The van der Waals surface area contributed by atoms with E-state index in [4.69, 9.17) is 11.6 Å². The fourth-order valence-corrected chi connectivity index (χ4v) is 1.99. The van der Waals surface area contributed by atoms with Crippen molar-refractivity contribution in [3.63, 3.8) is 0 Å². The Balaban J connectivity index is 2.09. The molecular weight excluding hydrogens is 281 g/mol. The Morgan fingerprint density at radius 3 is 2.55 bits per heavy atom. The molecule has 3 nitrogen and oxygen atoms in total. The molecule has 20 heavy (non-hydrogen) atoms. The maximum Gasteiger partial charge on any atom is 0.254 e. The average molecular weight is 294 g/mol. The molecule has 2 aromatic rings. The first kappa shape index (κ1) is 14.5. The van der Waals surface area contributed by atoms with Crippen molar-refractivity contribution in [2.45, 2.75) is 13.2 Å². The summed E-state index contributed by atoms with van der Waals surface area (Å²) in [5, 5.41) is 12.0. The largest absolute Gasteiger partial charge is 0.392 e. The number of carbonyl (C=O) groups excluding carboxylic acids is 1. The molecule has 104 valence electrons. The molecule has 5 heteroatoms. The summed E-state index contributed by atoms with van der Waals surface area (Å²) in [7, 11) is 0. The maximum atomic E-state index is 13.6. The second-order valence-corrected chi connectivity index (χ2v) is 4.67. The van der Waals surface area contributed by atoms with Gasteiger partial charge in [0.1, 0.15) is 5.82 Å². The van der Waals surface area contributed by atoms with E-state index in [0.29, 0.717) is 0 Å². The molecule has 2 aromatic carbocycles. The van der Waals surface area contributed by atoms with Gasteiger partial charge in [-0.1, -0.05) is 35.9 Å². The van der Waals surface area contributed by atoms with Crippen LogP contribution in [0.15, 0.2) is 42.5 Å². The van der Waals surface area contributed by atoms with Gasteiger partial charge in [0.2, 0.25) is 0 Å². The van der Waals surface area contributed by atoms with E-state index in [1.165, 1.54) is 12.1 Å². The molecule has 0 bridgehead atoms. The number of halogens is 2. The topological polar surface area (TPSA) is 49.3 Å². The predicted molar refractivity (Wildman–Crippen MR) is 74.9 cm³/mol. The quantitative estimate of drug-likeness (QED) is 0.910. The summed E-state index contributed by atoms with van der Waals surface area (Å²) >= 11 is 5.63. The minimum atomic E-state index is -0.662. The normalized spacial score (nSPS) is 10.3. The Hall–Kier alpha value is -1.91.